The van der Waals surface area contributed by atoms with Crippen LogP contribution in [0.2, 0.25) is 10.0 Å². The Bertz CT molecular complexity index is 536. The molecular formula is C10H6Cl3N3. The van der Waals surface area contributed by atoms with Crippen LogP contribution in [0.3, 0.4) is 0 Å². The Morgan fingerprint density at radius 2 is 2.00 bits per heavy atom. The number of hydrogen-bond donors (Lipinski definition) is 0. The van der Waals surface area contributed by atoms with E-state index >= 15 is 0 Å². The number of benzene rings is 1. The van der Waals surface area contributed by atoms with Crippen LogP contribution in [0.4, 0.5) is 11.4 Å². The summed E-state index contributed by atoms with van der Waals surface area (Å²) in [5.74, 6) is 0.701. The Morgan fingerprint density at radius 1 is 1.19 bits per heavy atom. The molecule has 16 heavy (non-hydrogen) atoms. The van der Waals surface area contributed by atoms with Crippen molar-refractivity contribution in [3.05, 3.63) is 22.2 Å². The molecule has 0 aromatic heterocycles. The van der Waals surface area contributed by atoms with Gasteiger partial charge in [0.25, 0.3) is 0 Å². The van der Waals surface area contributed by atoms with E-state index in [1.807, 2.05) is 11.0 Å². The van der Waals surface area contributed by atoms with E-state index in [-0.39, 0.29) is 0 Å². The number of amidine groups is 1. The van der Waals surface area contributed by atoms with Gasteiger partial charge in [0.2, 0.25) is 0 Å². The zero-order valence-corrected chi connectivity index (χ0v) is 10.3. The lowest BCUT2D eigenvalue weighted by Gasteiger charge is -2.25. The van der Waals surface area contributed by atoms with E-state index in [0.717, 1.165) is 12.2 Å². The minimum Gasteiger partial charge on any atom is -0.320 e. The third-order valence-electron chi connectivity index (χ3n) is 2.53. The summed E-state index contributed by atoms with van der Waals surface area (Å²) in [4.78, 5) is 10.5. The lowest BCUT2D eigenvalue weighted by Crippen LogP contribution is -2.33. The van der Waals surface area contributed by atoms with Gasteiger partial charge in [-0.15, -0.1) is 0 Å². The molecule has 0 amide bonds. The van der Waals surface area contributed by atoms with E-state index < -0.39 is 0 Å². The van der Waals surface area contributed by atoms with Crippen LogP contribution in [-0.2, 0) is 0 Å². The second-order valence-corrected chi connectivity index (χ2v) is 4.72. The average molecular weight is 275 g/mol. The highest BCUT2D eigenvalue weighted by Gasteiger charge is 2.29. The van der Waals surface area contributed by atoms with E-state index in [1.54, 1.807) is 6.07 Å². The summed E-state index contributed by atoms with van der Waals surface area (Å²) in [6.45, 7) is 1.50. The first-order valence-corrected chi connectivity index (χ1v) is 5.86. The Hall–Kier alpha value is -0.770. The van der Waals surface area contributed by atoms with Gasteiger partial charge >= 0.3 is 0 Å². The minimum atomic E-state index is 0.384. The van der Waals surface area contributed by atoms with E-state index in [0.29, 0.717) is 33.3 Å². The topological polar surface area (TPSA) is 28.0 Å². The number of rotatable bonds is 0. The van der Waals surface area contributed by atoms with Gasteiger partial charge < -0.3 is 4.90 Å². The zero-order chi connectivity index (χ0) is 11.3. The van der Waals surface area contributed by atoms with Crippen molar-refractivity contribution in [2.45, 2.75) is 0 Å². The van der Waals surface area contributed by atoms with E-state index in [9.17, 15) is 0 Å². The first kappa shape index (κ1) is 10.4. The Labute approximate surface area is 107 Å². The third-order valence-corrected chi connectivity index (χ3v) is 3.29. The maximum atomic E-state index is 6.09. The van der Waals surface area contributed by atoms with Crippen molar-refractivity contribution in [1.29, 1.82) is 0 Å². The number of aliphatic imine (C=N–C) groups is 2. The molecule has 0 unspecified atom stereocenters. The molecule has 0 atom stereocenters. The molecule has 0 spiro atoms. The zero-order valence-electron chi connectivity index (χ0n) is 8.04. The molecule has 1 aromatic rings. The highest BCUT2D eigenvalue weighted by Crippen LogP contribution is 2.42. The molecule has 82 valence electrons. The number of fused-ring (bicyclic) bond motifs is 3. The van der Waals surface area contributed by atoms with Crippen LogP contribution >= 0.6 is 34.8 Å². The average Bonchev–Trinajstić information content (AvgIpc) is 2.69. The standard InChI is InChI=1S/C10H6Cl3N3/c11-5-3-6(12)8-7(4-5)16-2-1-14-10(16)9(13)15-8/h3-4H,1-2H2. The van der Waals surface area contributed by atoms with Crippen molar-refractivity contribution in [3.63, 3.8) is 0 Å². The normalized spacial score (nSPS) is 17.8. The third kappa shape index (κ3) is 1.43. The summed E-state index contributed by atoms with van der Waals surface area (Å²) in [5.41, 5.74) is 1.54. The molecule has 2 aliphatic heterocycles. The maximum absolute atomic E-state index is 6.09. The van der Waals surface area contributed by atoms with Crippen molar-refractivity contribution < 1.29 is 0 Å². The molecule has 0 aliphatic carbocycles. The molecule has 0 fully saturated rings. The summed E-state index contributed by atoms with van der Waals surface area (Å²) in [6, 6.07) is 3.49. The van der Waals surface area contributed by atoms with Crippen LogP contribution in [-0.4, -0.2) is 24.1 Å². The fourth-order valence-corrected chi connectivity index (χ4v) is 2.65. The molecule has 3 rings (SSSR count). The quantitative estimate of drug-likeness (QED) is 0.711. The van der Waals surface area contributed by atoms with Crippen molar-refractivity contribution in [1.82, 2.24) is 0 Å². The van der Waals surface area contributed by atoms with Crippen LogP contribution in [0.1, 0.15) is 0 Å². The molecule has 3 nitrogen and oxygen atoms in total. The first-order chi connectivity index (χ1) is 7.66. The van der Waals surface area contributed by atoms with Crippen molar-refractivity contribution in [3.8, 4) is 0 Å². The smallest absolute Gasteiger partial charge is 0.172 e. The first-order valence-electron chi connectivity index (χ1n) is 4.72. The fraction of sp³-hybridized carbons (Fsp3) is 0.200. The van der Waals surface area contributed by atoms with Crippen molar-refractivity contribution >= 4 is 57.2 Å². The number of nitrogens with zero attached hydrogens (tertiary/aromatic N) is 3. The highest BCUT2D eigenvalue weighted by atomic mass is 35.5. The van der Waals surface area contributed by atoms with Gasteiger partial charge in [0.05, 0.1) is 17.3 Å². The number of halogens is 3. The molecule has 0 radical (unpaired) electrons. The predicted molar refractivity (Wildman–Crippen MR) is 69.1 cm³/mol. The maximum Gasteiger partial charge on any atom is 0.172 e. The predicted octanol–water partition coefficient (Wildman–Crippen LogP) is 3.49. The van der Waals surface area contributed by atoms with Gasteiger partial charge in [0.15, 0.2) is 11.0 Å². The molecule has 0 saturated heterocycles. The second kappa shape index (κ2) is 3.62. The van der Waals surface area contributed by atoms with E-state index in [4.69, 9.17) is 34.8 Å². The second-order valence-electron chi connectivity index (χ2n) is 3.51. The minimum absolute atomic E-state index is 0.384. The summed E-state index contributed by atoms with van der Waals surface area (Å²) in [5, 5.41) is 1.48. The van der Waals surface area contributed by atoms with Crippen LogP contribution < -0.4 is 4.90 Å². The molecule has 2 heterocycles. The van der Waals surface area contributed by atoms with Gasteiger partial charge in [-0.05, 0) is 12.1 Å². The number of hydrogen-bond acceptors (Lipinski definition) is 3. The van der Waals surface area contributed by atoms with Gasteiger partial charge in [-0.3, -0.25) is 4.99 Å². The highest BCUT2D eigenvalue weighted by molar-refractivity contribution is 6.85. The Morgan fingerprint density at radius 3 is 2.81 bits per heavy atom. The molecule has 0 N–H and O–H groups in total. The molecular weight excluding hydrogens is 268 g/mol. The van der Waals surface area contributed by atoms with Gasteiger partial charge in [0.1, 0.15) is 5.69 Å². The van der Waals surface area contributed by atoms with Crippen LogP contribution in [0.5, 0.6) is 0 Å². The lowest BCUT2D eigenvalue weighted by molar-refractivity contribution is 1.02. The SMILES string of the molecule is ClC1=Nc2c(Cl)cc(Cl)cc2N2CCN=C12. The lowest BCUT2D eigenvalue weighted by atomic mass is 10.2. The summed E-state index contributed by atoms with van der Waals surface area (Å²) in [6.07, 6.45) is 0. The van der Waals surface area contributed by atoms with Gasteiger partial charge in [0, 0.05) is 11.6 Å². The van der Waals surface area contributed by atoms with Gasteiger partial charge in [-0.1, -0.05) is 34.8 Å². The van der Waals surface area contributed by atoms with Gasteiger partial charge in [-0.25, -0.2) is 4.99 Å². The molecule has 2 aliphatic rings. The summed E-state index contributed by atoms with van der Waals surface area (Å²) < 4.78 is 0. The summed E-state index contributed by atoms with van der Waals surface area (Å²) >= 11 is 18.1. The monoisotopic (exact) mass is 273 g/mol. The molecule has 6 heteroatoms. The van der Waals surface area contributed by atoms with Crippen molar-refractivity contribution in [2.24, 2.45) is 9.98 Å². The number of anilines is 1. The molecule has 0 bridgehead atoms. The van der Waals surface area contributed by atoms with Crippen LogP contribution in [0.25, 0.3) is 0 Å². The van der Waals surface area contributed by atoms with E-state index in [2.05, 4.69) is 9.98 Å². The Balaban J connectivity index is 2.28. The van der Waals surface area contributed by atoms with Crippen LogP contribution in [0, 0.1) is 0 Å². The van der Waals surface area contributed by atoms with Crippen molar-refractivity contribution in [2.75, 3.05) is 18.0 Å². The summed E-state index contributed by atoms with van der Waals surface area (Å²) in [7, 11) is 0. The van der Waals surface area contributed by atoms with Gasteiger partial charge in [-0.2, -0.15) is 0 Å². The van der Waals surface area contributed by atoms with Crippen LogP contribution in [0.15, 0.2) is 22.1 Å². The molecule has 1 aromatic carbocycles. The molecule has 0 saturated carbocycles. The Kier molecular flexibility index (Phi) is 2.35. The van der Waals surface area contributed by atoms with E-state index in [1.165, 1.54) is 0 Å². The fourth-order valence-electron chi connectivity index (χ4n) is 1.88. The largest absolute Gasteiger partial charge is 0.320 e.